The quantitative estimate of drug-likeness (QED) is 0.621. The number of esters is 1. The van der Waals surface area contributed by atoms with Gasteiger partial charge in [0.15, 0.2) is 5.69 Å². The van der Waals surface area contributed by atoms with Crippen molar-refractivity contribution in [1.29, 1.82) is 0 Å². The van der Waals surface area contributed by atoms with E-state index < -0.39 is 5.97 Å². The summed E-state index contributed by atoms with van der Waals surface area (Å²) in [5.74, 6) is 0.816. The molecular weight excluding hydrogens is 342 g/mol. The van der Waals surface area contributed by atoms with E-state index in [4.69, 9.17) is 25.5 Å². The Bertz CT molecular complexity index is 890. The summed E-state index contributed by atoms with van der Waals surface area (Å²) >= 11 is 5.98. The van der Waals surface area contributed by atoms with Crippen molar-refractivity contribution < 1.29 is 18.7 Å². The molecule has 0 N–H and O–H groups in total. The number of carbonyl (C=O) groups is 1. The molecule has 0 aliphatic rings. The van der Waals surface area contributed by atoms with Gasteiger partial charge in [0.2, 0.25) is 5.89 Å². The molecule has 0 radical (unpaired) electrons. The van der Waals surface area contributed by atoms with Crippen LogP contribution in [0.25, 0.3) is 11.5 Å². The van der Waals surface area contributed by atoms with Gasteiger partial charge in [-0.25, -0.2) is 9.78 Å². The molecule has 0 unspecified atom stereocenters. The molecule has 1 aromatic heterocycles. The van der Waals surface area contributed by atoms with Gasteiger partial charge in [-0.05, 0) is 37.3 Å². The molecule has 0 aliphatic carbocycles. The highest BCUT2D eigenvalue weighted by Crippen LogP contribution is 2.25. The topological polar surface area (TPSA) is 61.6 Å². The fourth-order valence-electron chi connectivity index (χ4n) is 2.36. The number of rotatable bonds is 5. The molecule has 0 atom stereocenters. The average Bonchev–Trinajstić information content (AvgIpc) is 3.02. The normalized spacial score (nSPS) is 10.5. The Labute approximate surface area is 150 Å². The van der Waals surface area contributed by atoms with Crippen LogP contribution in [0.2, 0.25) is 5.02 Å². The predicted octanol–water partition coefficient (Wildman–Crippen LogP) is 4.67. The van der Waals surface area contributed by atoms with Crippen molar-refractivity contribution in [2.45, 2.75) is 13.5 Å². The number of aromatic nitrogens is 1. The van der Waals surface area contributed by atoms with Crippen molar-refractivity contribution >= 4 is 17.6 Å². The van der Waals surface area contributed by atoms with Gasteiger partial charge in [0.05, 0.1) is 7.11 Å². The maximum Gasteiger partial charge on any atom is 0.360 e. The van der Waals surface area contributed by atoms with Gasteiger partial charge in [-0.15, -0.1) is 0 Å². The Balaban J connectivity index is 1.76. The van der Waals surface area contributed by atoms with Crippen molar-refractivity contribution in [3.63, 3.8) is 0 Å². The van der Waals surface area contributed by atoms with Gasteiger partial charge < -0.3 is 13.9 Å². The van der Waals surface area contributed by atoms with Crippen LogP contribution in [0, 0.1) is 6.92 Å². The molecule has 0 bridgehead atoms. The molecule has 0 saturated carbocycles. The minimum absolute atomic E-state index is 0.0234. The zero-order valence-corrected chi connectivity index (χ0v) is 14.5. The van der Waals surface area contributed by atoms with Crippen LogP contribution >= 0.6 is 11.6 Å². The summed E-state index contributed by atoms with van der Waals surface area (Å²) in [7, 11) is 1.54. The number of aryl methyl sites for hydroxylation is 1. The molecule has 3 aromatic rings. The average molecular weight is 358 g/mol. The minimum atomic E-state index is -0.564. The minimum Gasteiger partial charge on any atom is -0.496 e. The molecule has 0 amide bonds. The van der Waals surface area contributed by atoms with Crippen molar-refractivity contribution in [2.75, 3.05) is 7.11 Å². The van der Waals surface area contributed by atoms with Crippen molar-refractivity contribution in [3.8, 4) is 17.2 Å². The van der Waals surface area contributed by atoms with E-state index in [0.717, 1.165) is 5.56 Å². The first-order valence-corrected chi connectivity index (χ1v) is 7.98. The van der Waals surface area contributed by atoms with E-state index >= 15 is 0 Å². The molecule has 5 nitrogen and oxygen atoms in total. The second kappa shape index (κ2) is 7.40. The lowest BCUT2D eigenvalue weighted by Crippen LogP contribution is -2.08. The summed E-state index contributed by atoms with van der Waals surface area (Å²) in [5, 5.41) is 0.538. The van der Waals surface area contributed by atoms with Gasteiger partial charge in [-0.3, -0.25) is 0 Å². The lowest BCUT2D eigenvalue weighted by molar-refractivity contribution is 0.0462. The number of carbonyl (C=O) groups excluding carboxylic acids is 1. The predicted molar refractivity (Wildman–Crippen MR) is 93.8 cm³/mol. The van der Waals surface area contributed by atoms with Crippen molar-refractivity contribution in [2.24, 2.45) is 0 Å². The highest BCUT2D eigenvalue weighted by molar-refractivity contribution is 6.30. The number of ether oxygens (including phenoxy) is 2. The number of benzene rings is 2. The number of methoxy groups -OCH3 is 1. The first kappa shape index (κ1) is 17.0. The van der Waals surface area contributed by atoms with E-state index in [1.807, 2.05) is 30.3 Å². The highest BCUT2D eigenvalue weighted by atomic mass is 35.5. The third-order valence-corrected chi connectivity index (χ3v) is 3.85. The first-order chi connectivity index (χ1) is 12.1. The van der Waals surface area contributed by atoms with E-state index in [1.165, 1.54) is 0 Å². The molecule has 3 rings (SSSR count). The number of oxazole rings is 1. The number of nitrogens with zero attached hydrogens (tertiary/aromatic N) is 1. The van der Waals surface area contributed by atoms with E-state index in [0.29, 0.717) is 28.0 Å². The molecular formula is C19H16ClNO4. The summed E-state index contributed by atoms with van der Waals surface area (Å²) in [4.78, 5) is 16.6. The van der Waals surface area contributed by atoms with Crippen LogP contribution in [0.15, 0.2) is 52.9 Å². The van der Waals surface area contributed by atoms with Crippen molar-refractivity contribution in [3.05, 3.63) is 70.6 Å². The SMILES string of the molecule is COc1ccc(Cl)cc1COC(=O)c1nc(-c2ccccc2)oc1C. The molecule has 2 aromatic carbocycles. The summed E-state index contributed by atoms with van der Waals surface area (Å²) < 4.78 is 16.2. The van der Waals surface area contributed by atoms with E-state index in [9.17, 15) is 4.79 Å². The van der Waals surface area contributed by atoms with E-state index in [1.54, 1.807) is 32.2 Å². The van der Waals surface area contributed by atoms with Gasteiger partial charge in [-0.1, -0.05) is 29.8 Å². The zero-order valence-electron chi connectivity index (χ0n) is 13.8. The van der Waals surface area contributed by atoms with E-state index in [2.05, 4.69) is 4.98 Å². The number of hydrogen-bond acceptors (Lipinski definition) is 5. The molecule has 0 aliphatic heterocycles. The van der Waals surface area contributed by atoms with Crippen LogP contribution in [-0.4, -0.2) is 18.1 Å². The van der Waals surface area contributed by atoms with Gasteiger partial charge in [-0.2, -0.15) is 0 Å². The third kappa shape index (κ3) is 3.83. The first-order valence-electron chi connectivity index (χ1n) is 7.61. The fourth-order valence-corrected chi connectivity index (χ4v) is 2.56. The third-order valence-electron chi connectivity index (χ3n) is 3.61. The van der Waals surface area contributed by atoms with Crippen LogP contribution in [0.3, 0.4) is 0 Å². The van der Waals surface area contributed by atoms with E-state index in [-0.39, 0.29) is 12.3 Å². The lowest BCUT2D eigenvalue weighted by Gasteiger charge is -2.09. The Kier molecular flexibility index (Phi) is 5.05. The molecule has 0 saturated heterocycles. The standard InChI is InChI=1S/C19H16ClNO4/c1-12-17(21-18(25-12)13-6-4-3-5-7-13)19(22)24-11-14-10-15(20)8-9-16(14)23-2/h3-10H,11H2,1-2H3. The zero-order chi connectivity index (χ0) is 17.8. The maximum absolute atomic E-state index is 12.3. The van der Waals surface area contributed by atoms with Gasteiger partial charge in [0.25, 0.3) is 0 Å². The summed E-state index contributed by atoms with van der Waals surface area (Å²) in [6, 6.07) is 14.5. The summed E-state index contributed by atoms with van der Waals surface area (Å²) in [5.41, 5.74) is 1.62. The van der Waals surface area contributed by atoms with Crippen molar-refractivity contribution in [1.82, 2.24) is 4.98 Å². The molecule has 6 heteroatoms. The monoisotopic (exact) mass is 357 g/mol. The largest absolute Gasteiger partial charge is 0.496 e. The van der Waals surface area contributed by atoms with Gasteiger partial charge in [0.1, 0.15) is 18.1 Å². The smallest absolute Gasteiger partial charge is 0.360 e. The van der Waals surface area contributed by atoms with Crippen LogP contribution in [0.4, 0.5) is 0 Å². The second-order valence-corrected chi connectivity index (χ2v) is 5.76. The van der Waals surface area contributed by atoms with Crippen LogP contribution in [-0.2, 0) is 11.3 Å². The summed E-state index contributed by atoms with van der Waals surface area (Å²) in [6.07, 6.45) is 0. The molecule has 0 fully saturated rings. The molecule has 25 heavy (non-hydrogen) atoms. The Hall–Kier alpha value is -2.79. The Morgan fingerprint density at radius 3 is 2.68 bits per heavy atom. The number of hydrogen-bond donors (Lipinski definition) is 0. The van der Waals surface area contributed by atoms with Gasteiger partial charge >= 0.3 is 5.97 Å². The Morgan fingerprint density at radius 2 is 1.96 bits per heavy atom. The maximum atomic E-state index is 12.3. The Morgan fingerprint density at radius 1 is 1.20 bits per heavy atom. The van der Waals surface area contributed by atoms with Crippen LogP contribution in [0.1, 0.15) is 21.8 Å². The van der Waals surface area contributed by atoms with Crippen LogP contribution < -0.4 is 4.74 Å². The number of halogens is 1. The highest BCUT2D eigenvalue weighted by Gasteiger charge is 2.20. The van der Waals surface area contributed by atoms with Crippen LogP contribution in [0.5, 0.6) is 5.75 Å². The fraction of sp³-hybridized carbons (Fsp3) is 0.158. The lowest BCUT2D eigenvalue weighted by atomic mass is 10.2. The molecule has 0 spiro atoms. The van der Waals surface area contributed by atoms with Gasteiger partial charge in [0, 0.05) is 16.1 Å². The summed E-state index contributed by atoms with van der Waals surface area (Å²) in [6.45, 7) is 1.70. The molecule has 1 heterocycles. The molecule has 128 valence electrons. The second-order valence-electron chi connectivity index (χ2n) is 5.32.